The Morgan fingerprint density at radius 2 is 2.00 bits per heavy atom. The standard InChI is InChI=1S/C25H34N4O2.HI/c1-5-26-25(27-14-13-20-10-8-11-21(17-20)24(30)28(3)4)29-15-16-31-23(18-29)22-12-7-6-9-19(22)2;/h6-12,17,23H,5,13-16,18H2,1-4H3,(H,26,27);1H. The molecule has 0 spiro atoms. The normalized spacial score (nSPS) is 16.3. The van der Waals surface area contributed by atoms with Gasteiger partial charge in [0.2, 0.25) is 0 Å². The zero-order valence-corrected chi connectivity index (χ0v) is 21.8. The largest absolute Gasteiger partial charge is 0.370 e. The lowest BCUT2D eigenvalue weighted by Gasteiger charge is -2.35. The van der Waals surface area contributed by atoms with Gasteiger partial charge in [-0.1, -0.05) is 36.4 Å². The maximum Gasteiger partial charge on any atom is 0.253 e. The summed E-state index contributed by atoms with van der Waals surface area (Å²) in [4.78, 5) is 21.0. The van der Waals surface area contributed by atoms with Gasteiger partial charge in [-0.25, -0.2) is 0 Å². The highest BCUT2D eigenvalue weighted by Gasteiger charge is 2.25. The third kappa shape index (κ3) is 6.93. The second kappa shape index (κ2) is 12.8. The number of nitrogens with one attached hydrogen (secondary N) is 1. The number of benzene rings is 2. The molecule has 1 fully saturated rings. The highest BCUT2D eigenvalue weighted by molar-refractivity contribution is 14.0. The smallest absolute Gasteiger partial charge is 0.253 e. The van der Waals surface area contributed by atoms with Gasteiger partial charge in [0.25, 0.3) is 5.91 Å². The molecule has 174 valence electrons. The van der Waals surface area contributed by atoms with E-state index in [0.717, 1.165) is 37.6 Å². The minimum atomic E-state index is 0. The van der Waals surface area contributed by atoms with E-state index in [-0.39, 0.29) is 36.0 Å². The summed E-state index contributed by atoms with van der Waals surface area (Å²) in [5.41, 5.74) is 4.33. The number of aliphatic imine (C=N–C) groups is 1. The van der Waals surface area contributed by atoms with E-state index < -0.39 is 0 Å². The Kier molecular flexibility index (Phi) is 10.4. The van der Waals surface area contributed by atoms with Gasteiger partial charge < -0.3 is 19.9 Å². The molecule has 2 aromatic carbocycles. The van der Waals surface area contributed by atoms with Crippen LogP contribution in [0.15, 0.2) is 53.5 Å². The molecule has 2 aromatic rings. The van der Waals surface area contributed by atoms with Gasteiger partial charge in [-0.05, 0) is 49.1 Å². The van der Waals surface area contributed by atoms with Crippen LogP contribution in [0.2, 0.25) is 0 Å². The Morgan fingerprint density at radius 3 is 2.72 bits per heavy atom. The van der Waals surface area contributed by atoms with Crippen molar-refractivity contribution in [1.82, 2.24) is 15.1 Å². The molecular weight excluding hydrogens is 515 g/mol. The number of hydrogen-bond donors (Lipinski definition) is 1. The zero-order chi connectivity index (χ0) is 22.2. The molecule has 1 amide bonds. The predicted molar refractivity (Wildman–Crippen MR) is 141 cm³/mol. The first-order valence-electron chi connectivity index (χ1n) is 11.0. The Labute approximate surface area is 209 Å². The molecule has 1 N–H and O–H groups in total. The fourth-order valence-electron chi connectivity index (χ4n) is 3.81. The monoisotopic (exact) mass is 550 g/mol. The lowest BCUT2D eigenvalue weighted by Crippen LogP contribution is -2.48. The van der Waals surface area contributed by atoms with E-state index in [1.807, 2.05) is 18.2 Å². The van der Waals surface area contributed by atoms with Crippen molar-refractivity contribution in [1.29, 1.82) is 0 Å². The summed E-state index contributed by atoms with van der Waals surface area (Å²) >= 11 is 0. The molecule has 1 unspecified atom stereocenters. The summed E-state index contributed by atoms with van der Waals surface area (Å²) in [6, 6.07) is 16.2. The fraction of sp³-hybridized carbons (Fsp3) is 0.440. The molecule has 0 radical (unpaired) electrons. The first-order chi connectivity index (χ1) is 15.0. The van der Waals surface area contributed by atoms with Gasteiger partial charge in [-0.15, -0.1) is 24.0 Å². The lowest BCUT2D eigenvalue weighted by atomic mass is 10.0. The maximum atomic E-state index is 12.2. The van der Waals surface area contributed by atoms with E-state index in [1.54, 1.807) is 19.0 Å². The van der Waals surface area contributed by atoms with Gasteiger partial charge in [0, 0.05) is 39.3 Å². The van der Waals surface area contributed by atoms with Crippen molar-refractivity contribution in [3.63, 3.8) is 0 Å². The van der Waals surface area contributed by atoms with Gasteiger partial charge in [-0.2, -0.15) is 0 Å². The second-order valence-corrected chi connectivity index (χ2v) is 8.05. The molecule has 0 aromatic heterocycles. The van der Waals surface area contributed by atoms with E-state index in [2.05, 4.69) is 54.4 Å². The number of aryl methyl sites for hydroxylation is 1. The van der Waals surface area contributed by atoms with Crippen molar-refractivity contribution < 1.29 is 9.53 Å². The molecule has 7 heteroatoms. The van der Waals surface area contributed by atoms with Gasteiger partial charge in [0.1, 0.15) is 6.10 Å². The number of carbonyl (C=O) groups is 1. The van der Waals surface area contributed by atoms with E-state index in [9.17, 15) is 4.79 Å². The summed E-state index contributed by atoms with van der Waals surface area (Å²) < 4.78 is 6.07. The van der Waals surface area contributed by atoms with Crippen LogP contribution in [0.1, 0.15) is 40.1 Å². The SMILES string of the molecule is CCNC(=NCCc1cccc(C(=O)N(C)C)c1)N1CCOC(c2ccccc2C)C1.I. The average Bonchev–Trinajstić information content (AvgIpc) is 2.78. The van der Waals surface area contributed by atoms with E-state index >= 15 is 0 Å². The van der Waals surface area contributed by atoms with Gasteiger partial charge >= 0.3 is 0 Å². The van der Waals surface area contributed by atoms with Crippen LogP contribution in [0.25, 0.3) is 0 Å². The fourth-order valence-corrected chi connectivity index (χ4v) is 3.81. The van der Waals surface area contributed by atoms with Crippen LogP contribution in [0.3, 0.4) is 0 Å². The quantitative estimate of drug-likeness (QED) is 0.337. The van der Waals surface area contributed by atoms with Crippen LogP contribution in [0, 0.1) is 6.92 Å². The molecule has 3 rings (SSSR count). The second-order valence-electron chi connectivity index (χ2n) is 8.05. The molecule has 1 aliphatic rings. The predicted octanol–water partition coefficient (Wildman–Crippen LogP) is 3.90. The van der Waals surface area contributed by atoms with E-state index in [4.69, 9.17) is 9.73 Å². The van der Waals surface area contributed by atoms with Gasteiger partial charge in [0.05, 0.1) is 13.2 Å². The van der Waals surface area contributed by atoms with Crippen LogP contribution in [-0.4, -0.2) is 68.5 Å². The third-order valence-corrected chi connectivity index (χ3v) is 5.48. The molecule has 0 bridgehead atoms. The van der Waals surface area contributed by atoms with Crippen molar-refractivity contribution in [2.45, 2.75) is 26.4 Å². The Morgan fingerprint density at radius 1 is 1.22 bits per heavy atom. The number of amides is 1. The number of ether oxygens (including phenoxy) is 1. The molecule has 0 saturated carbocycles. The molecule has 1 aliphatic heterocycles. The highest BCUT2D eigenvalue weighted by atomic mass is 127. The number of rotatable bonds is 6. The van der Waals surface area contributed by atoms with Gasteiger partial charge in [-0.3, -0.25) is 9.79 Å². The third-order valence-electron chi connectivity index (χ3n) is 5.48. The van der Waals surface area contributed by atoms with Gasteiger partial charge in [0.15, 0.2) is 5.96 Å². The van der Waals surface area contributed by atoms with Crippen LogP contribution in [0.4, 0.5) is 0 Å². The molecule has 1 atom stereocenters. The maximum absolute atomic E-state index is 12.2. The number of carbonyl (C=O) groups excluding carboxylic acids is 1. The Bertz CT molecular complexity index is 916. The summed E-state index contributed by atoms with van der Waals surface area (Å²) in [5, 5.41) is 3.43. The molecule has 1 saturated heterocycles. The van der Waals surface area contributed by atoms with Crippen molar-refractivity contribution in [2.75, 3.05) is 46.9 Å². The van der Waals surface area contributed by atoms with Crippen molar-refractivity contribution in [3.8, 4) is 0 Å². The van der Waals surface area contributed by atoms with Crippen molar-refractivity contribution >= 4 is 35.8 Å². The molecule has 32 heavy (non-hydrogen) atoms. The first kappa shape index (κ1) is 26.1. The summed E-state index contributed by atoms with van der Waals surface area (Å²) in [5.74, 6) is 0.944. The molecule has 0 aliphatic carbocycles. The zero-order valence-electron chi connectivity index (χ0n) is 19.5. The van der Waals surface area contributed by atoms with E-state index in [0.29, 0.717) is 18.7 Å². The Balaban J connectivity index is 0.00000363. The first-order valence-corrected chi connectivity index (χ1v) is 11.0. The summed E-state index contributed by atoms with van der Waals surface area (Å²) in [6.07, 6.45) is 0.835. The molecule has 1 heterocycles. The number of guanidine groups is 1. The van der Waals surface area contributed by atoms with Crippen LogP contribution < -0.4 is 5.32 Å². The number of halogens is 1. The summed E-state index contributed by atoms with van der Waals surface area (Å²) in [7, 11) is 3.54. The number of nitrogens with zero attached hydrogens (tertiary/aromatic N) is 3. The van der Waals surface area contributed by atoms with Crippen LogP contribution in [0.5, 0.6) is 0 Å². The summed E-state index contributed by atoms with van der Waals surface area (Å²) in [6.45, 7) is 7.98. The highest BCUT2D eigenvalue weighted by Crippen LogP contribution is 2.25. The van der Waals surface area contributed by atoms with Crippen LogP contribution >= 0.6 is 24.0 Å². The van der Waals surface area contributed by atoms with Crippen molar-refractivity contribution in [3.05, 3.63) is 70.8 Å². The minimum Gasteiger partial charge on any atom is -0.370 e. The van der Waals surface area contributed by atoms with Crippen LogP contribution in [-0.2, 0) is 11.2 Å². The topological polar surface area (TPSA) is 57.2 Å². The average molecular weight is 550 g/mol. The molecular formula is C25H35IN4O2. The van der Waals surface area contributed by atoms with Crippen molar-refractivity contribution in [2.24, 2.45) is 4.99 Å². The molecule has 6 nitrogen and oxygen atoms in total. The van der Waals surface area contributed by atoms with E-state index in [1.165, 1.54) is 11.1 Å². The minimum absolute atomic E-state index is 0. The Hall–Kier alpha value is -2.13. The lowest BCUT2D eigenvalue weighted by molar-refractivity contribution is -0.00832. The number of hydrogen-bond acceptors (Lipinski definition) is 3. The number of morpholine rings is 1.